The van der Waals surface area contributed by atoms with Gasteiger partial charge in [0, 0.05) is 51.4 Å². The van der Waals surface area contributed by atoms with Crippen molar-refractivity contribution in [2.45, 2.75) is 51.7 Å². The van der Waals surface area contributed by atoms with E-state index in [0.29, 0.717) is 51.7 Å². The molecule has 3 heterocycles. The quantitative estimate of drug-likeness (QED) is 0.785. The second-order valence-electron chi connectivity index (χ2n) is 7.69. The Hall–Kier alpha value is -1.14. The highest BCUT2D eigenvalue weighted by molar-refractivity contribution is 5.80. The second kappa shape index (κ2) is 7.40. The van der Waals surface area contributed by atoms with Crippen molar-refractivity contribution in [2.75, 3.05) is 39.4 Å². The number of piperidine rings is 2. The number of amides is 2. The second-order valence-corrected chi connectivity index (χ2v) is 7.69. The van der Waals surface area contributed by atoms with E-state index in [1.54, 1.807) is 0 Å². The summed E-state index contributed by atoms with van der Waals surface area (Å²) in [6.45, 7) is 8.31. The van der Waals surface area contributed by atoms with Gasteiger partial charge in [-0.1, -0.05) is 13.8 Å². The van der Waals surface area contributed by atoms with Gasteiger partial charge in [-0.3, -0.25) is 9.59 Å². The Balaban J connectivity index is 1.45. The Bertz CT molecular complexity index is 456. The summed E-state index contributed by atoms with van der Waals surface area (Å²) in [5.41, 5.74) is 0. The van der Waals surface area contributed by atoms with Gasteiger partial charge in [0.1, 0.15) is 0 Å². The molecule has 0 saturated carbocycles. The van der Waals surface area contributed by atoms with E-state index in [0.717, 1.165) is 25.7 Å². The number of carbonyl (C=O) groups excluding carboxylic acids is 2. The lowest BCUT2D eigenvalue weighted by atomic mass is 9.93. The van der Waals surface area contributed by atoms with Crippen LogP contribution < -0.4 is 0 Å². The van der Waals surface area contributed by atoms with Gasteiger partial charge in [0.05, 0.1) is 13.2 Å². The number of likely N-dealkylation sites (tertiary alicyclic amines) is 2. The molecule has 1 spiro atoms. The molecule has 3 saturated heterocycles. The SMILES string of the molecule is CC(C)CC(=O)N1CCC(C(=O)N2CCC3(CC2)OCCO3)CC1. The van der Waals surface area contributed by atoms with Crippen molar-refractivity contribution in [3.63, 3.8) is 0 Å². The summed E-state index contributed by atoms with van der Waals surface area (Å²) >= 11 is 0. The van der Waals surface area contributed by atoms with E-state index in [1.165, 1.54) is 0 Å². The molecule has 0 aromatic heterocycles. The summed E-state index contributed by atoms with van der Waals surface area (Å²) in [6, 6.07) is 0. The molecular formula is C18H30N2O4. The minimum Gasteiger partial charge on any atom is -0.347 e. The molecule has 3 aliphatic heterocycles. The van der Waals surface area contributed by atoms with Crippen molar-refractivity contribution in [3.05, 3.63) is 0 Å². The molecule has 0 radical (unpaired) electrons. The standard InChI is InChI=1S/C18H30N2O4/c1-14(2)13-16(21)19-7-3-15(4-8-19)17(22)20-9-5-18(6-10-20)23-11-12-24-18/h14-15H,3-13H2,1-2H3. The van der Waals surface area contributed by atoms with E-state index < -0.39 is 5.79 Å². The van der Waals surface area contributed by atoms with Gasteiger partial charge in [-0.05, 0) is 18.8 Å². The molecule has 136 valence electrons. The first-order chi connectivity index (χ1) is 11.5. The van der Waals surface area contributed by atoms with Crippen LogP contribution in [0.15, 0.2) is 0 Å². The van der Waals surface area contributed by atoms with Crippen LogP contribution in [0.5, 0.6) is 0 Å². The van der Waals surface area contributed by atoms with E-state index in [-0.39, 0.29) is 17.7 Å². The Kier molecular flexibility index (Phi) is 5.45. The summed E-state index contributed by atoms with van der Waals surface area (Å²) in [5, 5.41) is 0. The third kappa shape index (κ3) is 3.91. The Morgan fingerprint density at radius 3 is 2.12 bits per heavy atom. The summed E-state index contributed by atoms with van der Waals surface area (Å²) in [4.78, 5) is 28.8. The summed E-state index contributed by atoms with van der Waals surface area (Å²) < 4.78 is 11.4. The number of hydrogen-bond acceptors (Lipinski definition) is 4. The third-order valence-corrected chi connectivity index (χ3v) is 5.43. The maximum atomic E-state index is 12.8. The normalized spacial score (nSPS) is 24.8. The molecule has 0 bridgehead atoms. The molecule has 6 nitrogen and oxygen atoms in total. The van der Waals surface area contributed by atoms with Crippen molar-refractivity contribution >= 4 is 11.8 Å². The first-order valence-electron chi connectivity index (χ1n) is 9.33. The topological polar surface area (TPSA) is 59.1 Å². The molecule has 24 heavy (non-hydrogen) atoms. The van der Waals surface area contributed by atoms with Crippen molar-refractivity contribution in [1.29, 1.82) is 0 Å². The number of rotatable bonds is 3. The van der Waals surface area contributed by atoms with Crippen LogP contribution in [-0.4, -0.2) is 66.8 Å². The zero-order valence-corrected chi connectivity index (χ0v) is 15.0. The van der Waals surface area contributed by atoms with Crippen molar-refractivity contribution in [2.24, 2.45) is 11.8 Å². The van der Waals surface area contributed by atoms with Gasteiger partial charge in [0.25, 0.3) is 0 Å². The first-order valence-corrected chi connectivity index (χ1v) is 9.33. The fourth-order valence-electron chi connectivity index (χ4n) is 3.97. The highest BCUT2D eigenvalue weighted by Crippen LogP contribution is 2.32. The fraction of sp³-hybridized carbons (Fsp3) is 0.889. The van der Waals surface area contributed by atoms with E-state index >= 15 is 0 Å². The first kappa shape index (κ1) is 17.7. The maximum Gasteiger partial charge on any atom is 0.225 e. The van der Waals surface area contributed by atoms with Crippen molar-refractivity contribution < 1.29 is 19.1 Å². The smallest absolute Gasteiger partial charge is 0.225 e. The highest BCUT2D eigenvalue weighted by atomic mass is 16.7. The largest absolute Gasteiger partial charge is 0.347 e. The average molecular weight is 338 g/mol. The van der Waals surface area contributed by atoms with Gasteiger partial charge in [0.15, 0.2) is 5.79 Å². The van der Waals surface area contributed by atoms with Gasteiger partial charge in [-0.2, -0.15) is 0 Å². The van der Waals surface area contributed by atoms with Gasteiger partial charge in [-0.25, -0.2) is 0 Å². The number of ether oxygens (including phenoxy) is 2. The molecule has 3 rings (SSSR count). The molecule has 0 aromatic carbocycles. The molecule has 0 N–H and O–H groups in total. The molecule has 6 heteroatoms. The third-order valence-electron chi connectivity index (χ3n) is 5.43. The van der Waals surface area contributed by atoms with Crippen LogP contribution in [-0.2, 0) is 19.1 Å². The van der Waals surface area contributed by atoms with E-state index in [1.807, 2.05) is 9.80 Å². The monoisotopic (exact) mass is 338 g/mol. The van der Waals surface area contributed by atoms with E-state index in [9.17, 15) is 9.59 Å². The van der Waals surface area contributed by atoms with Crippen LogP contribution in [0.25, 0.3) is 0 Å². The minimum atomic E-state index is -0.427. The lowest BCUT2D eigenvalue weighted by Gasteiger charge is -2.40. The zero-order chi connectivity index (χ0) is 17.2. The van der Waals surface area contributed by atoms with Crippen LogP contribution in [0.1, 0.15) is 46.0 Å². The number of carbonyl (C=O) groups is 2. The highest BCUT2D eigenvalue weighted by Gasteiger charge is 2.42. The summed E-state index contributed by atoms with van der Waals surface area (Å²) in [7, 11) is 0. The van der Waals surface area contributed by atoms with E-state index in [2.05, 4.69) is 13.8 Å². The number of hydrogen-bond donors (Lipinski definition) is 0. The zero-order valence-electron chi connectivity index (χ0n) is 15.0. The Morgan fingerprint density at radius 2 is 1.58 bits per heavy atom. The van der Waals surface area contributed by atoms with Crippen LogP contribution in [0.4, 0.5) is 0 Å². The molecule has 2 amide bonds. The van der Waals surface area contributed by atoms with Crippen LogP contribution in [0.3, 0.4) is 0 Å². The van der Waals surface area contributed by atoms with Crippen molar-refractivity contribution in [1.82, 2.24) is 9.80 Å². The number of nitrogens with zero attached hydrogens (tertiary/aromatic N) is 2. The van der Waals surface area contributed by atoms with Crippen LogP contribution in [0.2, 0.25) is 0 Å². The Labute approximate surface area is 144 Å². The van der Waals surface area contributed by atoms with Gasteiger partial charge in [0.2, 0.25) is 11.8 Å². The Morgan fingerprint density at radius 1 is 1.00 bits per heavy atom. The van der Waals surface area contributed by atoms with Gasteiger partial charge < -0.3 is 19.3 Å². The predicted octanol–water partition coefficient (Wildman–Crippen LogP) is 1.64. The molecule has 0 aliphatic carbocycles. The molecule has 0 unspecified atom stereocenters. The maximum absolute atomic E-state index is 12.8. The molecular weight excluding hydrogens is 308 g/mol. The predicted molar refractivity (Wildman–Crippen MR) is 89.2 cm³/mol. The average Bonchev–Trinajstić information content (AvgIpc) is 3.02. The molecule has 3 fully saturated rings. The van der Waals surface area contributed by atoms with Crippen LogP contribution >= 0.6 is 0 Å². The molecule has 0 atom stereocenters. The molecule has 0 aromatic rings. The van der Waals surface area contributed by atoms with Crippen molar-refractivity contribution in [3.8, 4) is 0 Å². The van der Waals surface area contributed by atoms with Gasteiger partial charge in [-0.15, -0.1) is 0 Å². The van der Waals surface area contributed by atoms with Gasteiger partial charge >= 0.3 is 0 Å². The minimum absolute atomic E-state index is 0.0626. The van der Waals surface area contributed by atoms with E-state index in [4.69, 9.17) is 9.47 Å². The fourth-order valence-corrected chi connectivity index (χ4v) is 3.97. The van der Waals surface area contributed by atoms with Crippen LogP contribution in [0, 0.1) is 11.8 Å². The summed E-state index contributed by atoms with van der Waals surface area (Å²) in [6.07, 6.45) is 3.72. The lowest BCUT2D eigenvalue weighted by Crippen LogP contribution is -2.50. The summed E-state index contributed by atoms with van der Waals surface area (Å²) in [5.74, 6) is 0.499. The molecule has 3 aliphatic rings. The lowest BCUT2D eigenvalue weighted by molar-refractivity contribution is -0.188.